The number of carbonyl (C=O) groups excluding carboxylic acids is 2. The number of nitrogens with zero attached hydrogens (tertiary/aromatic N) is 2. The van der Waals surface area contributed by atoms with Crippen molar-refractivity contribution in [3.63, 3.8) is 0 Å². The minimum atomic E-state index is -0.522. The maximum Gasteiger partial charge on any atom is 0.227 e. The van der Waals surface area contributed by atoms with E-state index in [0.717, 1.165) is 13.0 Å². The monoisotopic (exact) mass is 311 g/mol. The van der Waals surface area contributed by atoms with Crippen LogP contribution < -0.4 is 16.0 Å². The summed E-state index contributed by atoms with van der Waals surface area (Å²) < 4.78 is 0. The predicted molar refractivity (Wildman–Crippen MR) is 87.6 cm³/mol. The number of nitrogens with one attached hydrogen (secondary N) is 3. The molecule has 0 spiro atoms. The zero-order valence-corrected chi connectivity index (χ0v) is 14.3. The summed E-state index contributed by atoms with van der Waals surface area (Å²) in [5.74, 6) is 0.830. The lowest BCUT2D eigenvalue weighted by atomic mass is 9.92. The molecule has 126 valence electrons. The van der Waals surface area contributed by atoms with Gasteiger partial charge in [-0.2, -0.15) is 0 Å². The Kier molecular flexibility index (Phi) is 6.64. The number of hydrogen-bond donors (Lipinski definition) is 3. The third-order valence-corrected chi connectivity index (χ3v) is 3.95. The SMILES string of the molecule is CCC(=O)N1CCC(NC(=NC)NCC(C)(C)C(=O)NC)C1. The molecule has 3 N–H and O–H groups in total. The van der Waals surface area contributed by atoms with Gasteiger partial charge in [-0.1, -0.05) is 6.92 Å². The van der Waals surface area contributed by atoms with Crippen LogP contribution in [0, 0.1) is 5.41 Å². The van der Waals surface area contributed by atoms with E-state index in [1.54, 1.807) is 14.1 Å². The molecule has 0 aromatic rings. The molecule has 0 aromatic heterocycles. The predicted octanol–water partition coefficient (Wildman–Crippen LogP) is -0.0655. The molecule has 22 heavy (non-hydrogen) atoms. The average molecular weight is 311 g/mol. The van der Waals surface area contributed by atoms with Crippen LogP contribution in [0.15, 0.2) is 4.99 Å². The number of aliphatic imine (C=N–C) groups is 1. The van der Waals surface area contributed by atoms with Crippen molar-refractivity contribution in [2.45, 2.75) is 39.7 Å². The van der Waals surface area contributed by atoms with Crippen molar-refractivity contribution in [2.24, 2.45) is 10.4 Å². The second-order valence-corrected chi connectivity index (χ2v) is 6.21. The molecule has 1 saturated heterocycles. The van der Waals surface area contributed by atoms with Gasteiger partial charge in [0.1, 0.15) is 0 Å². The van der Waals surface area contributed by atoms with Crippen molar-refractivity contribution < 1.29 is 9.59 Å². The van der Waals surface area contributed by atoms with Crippen LogP contribution in [0.25, 0.3) is 0 Å². The summed E-state index contributed by atoms with van der Waals surface area (Å²) in [4.78, 5) is 29.5. The summed E-state index contributed by atoms with van der Waals surface area (Å²) in [6.07, 6.45) is 1.45. The highest BCUT2D eigenvalue weighted by atomic mass is 16.2. The summed E-state index contributed by atoms with van der Waals surface area (Å²) in [5, 5.41) is 9.16. The topological polar surface area (TPSA) is 85.8 Å². The van der Waals surface area contributed by atoms with Crippen molar-refractivity contribution in [1.29, 1.82) is 0 Å². The molecule has 1 atom stereocenters. The van der Waals surface area contributed by atoms with E-state index in [-0.39, 0.29) is 17.9 Å². The molecule has 7 heteroatoms. The number of likely N-dealkylation sites (tertiary alicyclic amines) is 1. The number of carbonyl (C=O) groups is 2. The summed E-state index contributed by atoms with van der Waals surface area (Å²) in [6.45, 7) is 7.60. The smallest absolute Gasteiger partial charge is 0.227 e. The maximum absolute atomic E-state index is 11.8. The molecular formula is C15H29N5O2. The van der Waals surface area contributed by atoms with Crippen molar-refractivity contribution in [3.8, 4) is 0 Å². The van der Waals surface area contributed by atoms with Crippen LogP contribution in [-0.2, 0) is 9.59 Å². The second-order valence-electron chi connectivity index (χ2n) is 6.21. The van der Waals surface area contributed by atoms with Crippen LogP contribution in [-0.4, -0.2) is 62.4 Å². The Morgan fingerprint density at radius 2 is 2.05 bits per heavy atom. The molecule has 1 unspecified atom stereocenters. The maximum atomic E-state index is 11.8. The lowest BCUT2D eigenvalue weighted by Gasteiger charge is -2.25. The number of hydrogen-bond acceptors (Lipinski definition) is 3. The van der Waals surface area contributed by atoms with E-state index in [0.29, 0.717) is 25.5 Å². The average Bonchev–Trinajstić information content (AvgIpc) is 2.98. The number of rotatable bonds is 5. The Balaban J connectivity index is 2.47. The van der Waals surface area contributed by atoms with Crippen molar-refractivity contribution in [2.75, 3.05) is 33.7 Å². The molecule has 1 heterocycles. The quantitative estimate of drug-likeness (QED) is 0.490. The van der Waals surface area contributed by atoms with Crippen molar-refractivity contribution in [3.05, 3.63) is 0 Å². The molecule has 1 fully saturated rings. The van der Waals surface area contributed by atoms with Crippen LogP contribution in [0.4, 0.5) is 0 Å². The molecule has 0 aromatic carbocycles. The summed E-state index contributed by atoms with van der Waals surface area (Å²) >= 11 is 0. The van der Waals surface area contributed by atoms with Gasteiger partial charge in [0.2, 0.25) is 11.8 Å². The Morgan fingerprint density at radius 1 is 1.36 bits per heavy atom. The molecule has 2 amide bonds. The van der Waals surface area contributed by atoms with Gasteiger partial charge in [-0.3, -0.25) is 14.6 Å². The van der Waals surface area contributed by atoms with E-state index in [1.807, 2.05) is 25.7 Å². The fraction of sp³-hybridized carbons (Fsp3) is 0.800. The Bertz CT molecular complexity index is 434. The van der Waals surface area contributed by atoms with Gasteiger partial charge in [0.15, 0.2) is 5.96 Å². The summed E-state index contributed by atoms with van der Waals surface area (Å²) in [7, 11) is 3.33. The van der Waals surface area contributed by atoms with Gasteiger partial charge in [0.05, 0.1) is 5.41 Å². The van der Waals surface area contributed by atoms with Crippen molar-refractivity contribution >= 4 is 17.8 Å². The van der Waals surface area contributed by atoms with Gasteiger partial charge in [0, 0.05) is 46.2 Å². The first kappa shape index (κ1) is 18.3. The van der Waals surface area contributed by atoms with Gasteiger partial charge >= 0.3 is 0 Å². The van der Waals surface area contributed by atoms with Crippen LogP contribution in [0.2, 0.25) is 0 Å². The molecule has 0 radical (unpaired) electrons. The molecule has 0 aliphatic carbocycles. The van der Waals surface area contributed by atoms with Crippen molar-refractivity contribution in [1.82, 2.24) is 20.9 Å². The third-order valence-electron chi connectivity index (χ3n) is 3.95. The van der Waals surface area contributed by atoms with E-state index >= 15 is 0 Å². The second kappa shape index (κ2) is 8.00. The fourth-order valence-corrected chi connectivity index (χ4v) is 2.44. The highest BCUT2D eigenvalue weighted by Gasteiger charge is 2.28. The van der Waals surface area contributed by atoms with E-state index in [4.69, 9.17) is 0 Å². The molecule has 1 aliphatic heterocycles. The number of amides is 2. The Labute approximate surface area is 132 Å². The lowest BCUT2D eigenvalue weighted by Crippen LogP contribution is -2.50. The first-order chi connectivity index (χ1) is 10.3. The highest BCUT2D eigenvalue weighted by molar-refractivity contribution is 5.84. The van der Waals surface area contributed by atoms with Gasteiger partial charge in [0.25, 0.3) is 0 Å². The zero-order chi connectivity index (χ0) is 16.8. The van der Waals surface area contributed by atoms with Gasteiger partial charge in [-0.15, -0.1) is 0 Å². The zero-order valence-electron chi connectivity index (χ0n) is 14.3. The van der Waals surface area contributed by atoms with Crippen LogP contribution in [0.1, 0.15) is 33.6 Å². The van der Waals surface area contributed by atoms with E-state index < -0.39 is 5.41 Å². The van der Waals surface area contributed by atoms with E-state index in [9.17, 15) is 9.59 Å². The molecule has 1 aliphatic rings. The minimum absolute atomic E-state index is 0.0176. The Morgan fingerprint density at radius 3 is 2.59 bits per heavy atom. The van der Waals surface area contributed by atoms with E-state index in [2.05, 4.69) is 20.9 Å². The van der Waals surface area contributed by atoms with Gasteiger partial charge in [-0.05, 0) is 20.3 Å². The number of guanidine groups is 1. The fourth-order valence-electron chi connectivity index (χ4n) is 2.44. The highest BCUT2D eigenvalue weighted by Crippen LogP contribution is 2.13. The largest absolute Gasteiger partial charge is 0.359 e. The first-order valence-electron chi connectivity index (χ1n) is 7.81. The molecule has 7 nitrogen and oxygen atoms in total. The normalized spacial score (nSPS) is 19.0. The third kappa shape index (κ3) is 4.89. The lowest BCUT2D eigenvalue weighted by molar-refractivity contribution is -0.130. The Hall–Kier alpha value is -1.79. The van der Waals surface area contributed by atoms with Gasteiger partial charge in [-0.25, -0.2) is 0 Å². The van der Waals surface area contributed by atoms with Gasteiger partial charge < -0.3 is 20.9 Å². The van der Waals surface area contributed by atoms with Crippen LogP contribution in [0.5, 0.6) is 0 Å². The first-order valence-corrected chi connectivity index (χ1v) is 7.81. The van der Waals surface area contributed by atoms with E-state index in [1.165, 1.54) is 0 Å². The standard InChI is InChI=1S/C15H29N5O2/c1-6-12(21)20-8-7-11(9-20)19-14(17-5)18-10-15(2,3)13(22)16-4/h11H,6-10H2,1-5H3,(H,16,22)(H2,17,18,19). The minimum Gasteiger partial charge on any atom is -0.359 e. The van der Waals surface area contributed by atoms with Crippen LogP contribution in [0.3, 0.4) is 0 Å². The van der Waals surface area contributed by atoms with Crippen LogP contribution >= 0.6 is 0 Å². The molecular weight excluding hydrogens is 282 g/mol. The molecule has 1 rings (SSSR count). The molecule has 0 saturated carbocycles. The summed E-state index contributed by atoms with van der Waals surface area (Å²) in [6, 6.07) is 0.199. The summed E-state index contributed by atoms with van der Waals surface area (Å²) in [5.41, 5.74) is -0.522. The molecule has 0 bridgehead atoms.